The summed E-state index contributed by atoms with van der Waals surface area (Å²) < 4.78 is 4.54. The van der Waals surface area contributed by atoms with Crippen molar-refractivity contribution >= 4 is 5.97 Å². The van der Waals surface area contributed by atoms with Crippen LogP contribution in [0, 0.1) is 6.92 Å². The molecule has 0 spiro atoms. The van der Waals surface area contributed by atoms with Crippen molar-refractivity contribution in [3.05, 3.63) is 27.4 Å². The molecule has 5 heteroatoms. The number of aromatic amines is 1. The molecule has 0 fully saturated rings. The maximum atomic E-state index is 11.7. The van der Waals surface area contributed by atoms with E-state index in [-0.39, 0.29) is 17.9 Å². The monoisotopic (exact) mass is 224 g/mol. The van der Waals surface area contributed by atoms with E-state index in [1.165, 1.54) is 7.11 Å². The number of methoxy groups -OCH3 is 1. The highest BCUT2D eigenvalue weighted by atomic mass is 16.5. The molecule has 1 rings (SSSR count). The molecule has 16 heavy (non-hydrogen) atoms. The molecule has 0 amide bonds. The summed E-state index contributed by atoms with van der Waals surface area (Å²) >= 11 is 0. The van der Waals surface area contributed by atoms with Gasteiger partial charge in [0.25, 0.3) is 5.56 Å². The molecule has 0 saturated carbocycles. The van der Waals surface area contributed by atoms with E-state index in [4.69, 9.17) is 0 Å². The number of hydrogen-bond acceptors (Lipinski definition) is 4. The first-order valence-electron chi connectivity index (χ1n) is 5.24. The predicted molar refractivity (Wildman–Crippen MR) is 59.3 cm³/mol. The largest absolute Gasteiger partial charge is 0.469 e. The molecule has 0 unspecified atom stereocenters. The number of ether oxygens (including phenoxy) is 1. The van der Waals surface area contributed by atoms with E-state index in [0.717, 1.165) is 5.69 Å². The van der Waals surface area contributed by atoms with Gasteiger partial charge >= 0.3 is 5.97 Å². The van der Waals surface area contributed by atoms with Crippen LogP contribution in [0.3, 0.4) is 0 Å². The number of aromatic nitrogens is 2. The van der Waals surface area contributed by atoms with Gasteiger partial charge in [0.05, 0.1) is 12.8 Å². The number of nitrogens with zero attached hydrogens (tertiary/aromatic N) is 1. The second kappa shape index (κ2) is 5.44. The van der Waals surface area contributed by atoms with Crippen LogP contribution in [0.2, 0.25) is 0 Å². The number of nitrogens with one attached hydrogen (secondary N) is 1. The Morgan fingerprint density at radius 2 is 2.19 bits per heavy atom. The zero-order chi connectivity index (χ0) is 12.1. The zero-order valence-corrected chi connectivity index (χ0v) is 9.79. The van der Waals surface area contributed by atoms with Crippen molar-refractivity contribution in [3.63, 3.8) is 0 Å². The number of rotatable bonds is 4. The molecule has 88 valence electrons. The van der Waals surface area contributed by atoms with Crippen molar-refractivity contribution in [1.82, 2.24) is 9.97 Å². The second-order valence-corrected chi connectivity index (χ2v) is 3.51. The normalized spacial score (nSPS) is 10.2. The summed E-state index contributed by atoms with van der Waals surface area (Å²) in [6.45, 7) is 3.67. The van der Waals surface area contributed by atoms with Crippen LogP contribution in [0.25, 0.3) is 0 Å². The van der Waals surface area contributed by atoms with E-state index in [2.05, 4.69) is 14.7 Å². The summed E-state index contributed by atoms with van der Waals surface area (Å²) in [5.74, 6) is 0.283. The van der Waals surface area contributed by atoms with Crippen LogP contribution in [0.5, 0.6) is 0 Å². The summed E-state index contributed by atoms with van der Waals surface area (Å²) in [6.07, 6.45) is 1.26. The lowest BCUT2D eigenvalue weighted by Crippen LogP contribution is -2.20. The van der Waals surface area contributed by atoms with Gasteiger partial charge in [-0.05, 0) is 19.8 Å². The quantitative estimate of drug-likeness (QED) is 0.766. The van der Waals surface area contributed by atoms with Crippen LogP contribution < -0.4 is 5.56 Å². The Balaban J connectivity index is 2.94. The maximum absolute atomic E-state index is 11.7. The summed E-state index contributed by atoms with van der Waals surface area (Å²) in [5.41, 5.74) is 1.18. The Morgan fingerprint density at radius 3 is 2.75 bits per heavy atom. The average Bonchev–Trinajstić information content (AvgIpc) is 2.26. The molecule has 0 aliphatic carbocycles. The molecule has 1 heterocycles. The highest BCUT2D eigenvalue weighted by Gasteiger charge is 2.10. The van der Waals surface area contributed by atoms with E-state index >= 15 is 0 Å². The van der Waals surface area contributed by atoms with Gasteiger partial charge in [0.15, 0.2) is 0 Å². The number of hydrogen-bond donors (Lipinski definition) is 1. The summed E-state index contributed by atoms with van der Waals surface area (Å²) in [4.78, 5) is 29.6. The van der Waals surface area contributed by atoms with Gasteiger partial charge < -0.3 is 9.72 Å². The van der Waals surface area contributed by atoms with Crippen LogP contribution in [0.4, 0.5) is 0 Å². The molecule has 0 bridgehead atoms. The molecule has 5 nitrogen and oxygen atoms in total. The summed E-state index contributed by atoms with van der Waals surface area (Å²) in [7, 11) is 1.33. The van der Waals surface area contributed by atoms with E-state index in [0.29, 0.717) is 24.2 Å². The predicted octanol–water partition coefficient (Wildman–Crippen LogP) is 0.746. The van der Waals surface area contributed by atoms with E-state index in [1.54, 1.807) is 6.92 Å². The lowest BCUT2D eigenvalue weighted by atomic mass is 10.1. The van der Waals surface area contributed by atoms with Gasteiger partial charge in [-0.1, -0.05) is 6.92 Å². The first-order valence-corrected chi connectivity index (χ1v) is 5.24. The molecule has 0 saturated heterocycles. The minimum absolute atomic E-state index is 0.159. The van der Waals surface area contributed by atoms with Gasteiger partial charge in [0.1, 0.15) is 5.82 Å². The van der Waals surface area contributed by atoms with Gasteiger partial charge in [0.2, 0.25) is 0 Å². The van der Waals surface area contributed by atoms with E-state index < -0.39 is 0 Å². The zero-order valence-electron chi connectivity index (χ0n) is 9.79. The third-order valence-electron chi connectivity index (χ3n) is 2.36. The van der Waals surface area contributed by atoms with Gasteiger partial charge in [-0.2, -0.15) is 0 Å². The standard InChI is InChI=1S/C11H16N2O3/c1-4-9-8(5-6-10(14)16-3)11(15)13-7(2)12-9/h4-6H2,1-3H3,(H,12,13,15). The minimum atomic E-state index is -0.318. The molecule has 0 radical (unpaired) electrons. The van der Waals surface area contributed by atoms with Crippen LogP contribution in [-0.2, 0) is 22.4 Å². The maximum Gasteiger partial charge on any atom is 0.305 e. The topological polar surface area (TPSA) is 72.0 Å². The molecule has 0 atom stereocenters. The van der Waals surface area contributed by atoms with Crippen molar-refractivity contribution in [2.45, 2.75) is 33.1 Å². The Bertz CT molecular complexity index is 437. The van der Waals surface area contributed by atoms with E-state index in [9.17, 15) is 9.59 Å². The number of esters is 1. The van der Waals surface area contributed by atoms with Crippen molar-refractivity contribution in [2.75, 3.05) is 7.11 Å². The third kappa shape index (κ3) is 2.92. The number of aryl methyl sites for hydroxylation is 2. The Morgan fingerprint density at radius 1 is 1.50 bits per heavy atom. The second-order valence-electron chi connectivity index (χ2n) is 3.51. The molecule has 1 N–H and O–H groups in total. The molecular weight excluding hydrogens is 208 g/mol. The van der Waals surface area contributed by atoms with Gasteiger partial charge in [-0.3, -0.25) is 9.59 Å². The van der Waals surface area contributed by atoms with E-state index in [1.807, 2.05) is 6.92 Å². The first-order chi connectivity index (χ1) is 7.58. The van der Waals surface area contributed by atoms with Gasteiger partial charge in [0, 0.05) is 12.0 Å². The third-order valence-corrected chi connectivity index (χ3v) is 2.36. The Labute approximate surface area is 93.9 Å². The van der Waals surface area contributed by atoms with Crippen molar-refractivity contribution < 1.29 is 9.53 Å². The van der Waals surface area contributed by atoms with Crippen molar-refractivity contribution in [3.8, 4) is 0 Å². The smallest absolute Gasteiger partial charge is 0.305 e. The lowest BCUT2D eigenvalue weighted by molar-refractivity contribution is -0.140. The minimum Gasteiger partial charge on any atom is -0.469 e. The SMILES string of the molecule is CCc1nc(C)[nH]c(=O)c1CCC(=O)OC. The Kier molecular flexibility index (Phi) is 4.22. The molecular formula is C11H16N2O3. The van der Waals surface area contributed by atoms with Gasteiger partial charge in [-0.15, -0.1) is 0 Å². The first kappa shape index (κ1) is 12.4. The fourth-order valence-corrected chi connectivity index (χ4v) is 1.55. The number of H-pyrrole nitrogens is 1. The average molecular weight is 224 g/mol. The number of carbonyl (C=O) groups excluding carboxylic acids is 1. The summed E-state index contributed by atoms with van der Waals surface area (Å²) in [5, 5.41) is 0. The highest BCUT2D eigenvalue weighted by Crippen LogP contribution is 2.05. The fourth-order valence-electron chi connectivity index (χ4n) is 1.55. The fraction of sp³-hybridized carbons (Fsp3) is 0.545. The Hall–Kier alpha value is -1.65. The molecule has 1 aromatic rings. The van der Waals surface area contributed by atoms with Gasteiger partial charge in [-0.25, -0.2) is 4.98 Å². The van der Waals surface area contributed by atoms with Crippen LogP contribution in [-0.4, -0.2) is 23.0 Å². The number of carbonyl (C=O) groups is 1. The molecule has 0 aliphatic rings. The van der Waals surface area contributed by atoms with Crippen LogP contribution in [0.15, 0.2) is 4.79 Å². The van der Waals surface area contributed by atoms with Crippen LogP contribution in [0.1, 0.15) is 30.4 Å². The highest BCUT2D eigenvalue weighted by molar-refractivity contribution is 5.69. The summed E-state index contributed by atoms with van der Waals surface area (Å²) in [6, 6.07) is 0. The van der Waals surface area contributed by atoms with Crippen molar-refractivity contribution in [1.29, 1.82) is 0 Å². The molecule has 0 aromatic carbocycles. The molecule has 0 aliphatic heterocycles. The van der Waals surface area contributed by atoms with Crippen LogP contribution >= 0.6 is 0 Å². The van der Waals surface area contributed by atoms with Crippen molar-refractivity contribution in [2.24, 2.45) is 0 Å². The lowest BCUT2D eigenvalue weighted by Gasteiger charge is -2.06. The molecule has 1 aromatic heterocycles.